The molecule has 2 heterocycles. The lowest BCUT2D eigenvalue weighted by Gasteiger charge is -2.31. The van der Waals surface area contributed by atoms with Crippen molar-refractivity contribution >= 4 is 17.6 Å². The number of fused-ring (bicyclic) bond motifs is 2. The Balaban J connectivity index is 1.77. The van der Waals surface area contributed by atoms with Gasteiger partial charge in [0.2, 0.25) is 0 Å². The zero-order valence-electron chi connectivity index (χ0n) is 22.9. The minimum atomic E-state index is -0.130. The third-order valence-electron chi connectivity index (χ3n) is 7.95. The molecule has 0 aromatic heterocycles. The maximum absolute atomic E-state index is 9.54. The second-order valence-electron chi connectivity index (χ2n) is 10.8. The van der Waals surface area contributed by atoms with E-state index in [1.807, 2.05) is 0 Å². The van der Waals surface area contributed by atoms with Gasteiger partial charge in [0.05, 0.1) is 11.6 Å². The molecule has 0 saturated carbocycles. The van der Waals surface area contributed by atoms with Gasteiger partial charge in [-0.15, -0.1) is 0 Å². The van der Waals surface area contributed by atoms with Crippen molar-refractivity contribution in [3.63, 3.8) is 0 Å². The number of allylic oxidation sites excluding steroid dienone is 7. The molecule has 2 aromatic carbocycles. The fourth-order valence-corrected chi connectivity index (χ4v) is 5.98. The van der Waals surface area contributed by atoms with Crippen LogP contribution in [0.1, 0.15) is 52.7 Å². The molecule has 0 aliphatic carbocycles. The van der Waals surface area contributed by atoms with Crippen molar-refractivity contribution < 1.29 is 0 Å². The van der Waals surface area contributed by atoms with Crippen molar-refractivity contribution in [2.24, 2.45) is 0 Å². The predicted molar refractivity (Wildman–Crippen MR) is 157 cm³/mol. The van der Waals surface area contributed by atoms with Crippen molar-refractivity contribution in [2.75, 3.05) is 22.9 Å². The Morgan fingerprint density at radius 3 is 2.24 bits per heavy atom. The first kappa shape index (κ1) is 26.2. The number of hydrogen-bond donors (Lipinski definition) is 1. The van der Waals surface area contributed by atoms with E-state index in [4.69, 9.17) is 5.41 Å². The fourth-order valence-electron chi connectivity index (χ4n) is 5.98. The third kappa shape index (κ3) is 4.55. The lowest BCUT2D eigenvalue weighted by Crippen LogP contribution is -2.39. The molecule has 0 bridgehead atoms. The van der Waals surface area contributed by atoms with Crippen molar-refractivity contribution in [3.8, 4) is 6.07 Å². The molecule has 37 heavy (non-hydrogen) atoms. The number of anilines is 2. The lowest BCUT2D eigenvalue weighted by atomic mass is 9.80. The summed E-state index contributed by atoms with van der Waals surface area (Å²) in [5, 5.41) is 17.2. The van der Waals surface area contributed by atoms with Gasteiger partial charge >= 0.3 is 0 Å². The van der Waals surface area contributed by atoms with E-state index in [2.05, 4.69) is 130 Å². The van der Waals surface area contributed by atoms with E-state index in [0.717, 1.165) is 24.9 Å². The summed E-state index contributed by atoms with van der Waals surface area (Å²) in [7, 11) is 0. The molecule has 0 fully saturated rings. The SMILES string of the molecule is CCN1/C(=C/C=C(/C=C/C2N(CC)c3ccccc3C2(C)C)\C=C(\C#N)C=N)C(C)(C)c2ccccc21. The van der Waals surface area contributed by atoms with Crippen LogP contribution in [-0.4, -0.2) is 25.3 Å². The number of nitrogens with one attached hydrogen (secondary N) is 1. The van der Waals surface area contributed by atoms with Gasteiger partial charge in [-0.05, 0) is 54.8 Å². The van der Waals surface area contributed by atoms with Crippen LogP contribution in [0.15, 0.2) is 95.8 Å². The zero-order chi connectivity index (χ0) is 26.8. The zero-order valence-corrected chi connectivity index (χ0v) is 22.9. The van der Waals surface area contributed by atoms with Crippen LogP contribution < -0.4 is 9.80 Å². The van der Waals surface area contributed by atoms with Crippen LogP contribution in [-0.2, 0) is 10.8 Å². The van der Waals surface area contributed by atoms with Gasteiger partial charge in [-0.2, -0.15) is 5.26 Å². The monoisotopic (exact) mass is 490 g/mol. The van der Waals surface area contributed by atoms with Gasteiger partial charge in [-0.25, -0.2) is 0 Å². The van der Waals surface area contributed by atoms with E-state index >= 15 is 0 Å². The molecule has 2 aliphatic heterocycles. The Bertz CT molecular complexity index is 1350. The normalized spacial score (nSPS) is 21.3. The number of hydrogen-bond acceptors (Lipinski definition) is 4. The van der Waals surface area contributed by atoms with Gasteiger partial charge in [0.15, 0.2) is 0 Å². The van der Waals surface area contributed by atoms with Crippen LogP contribution in [0.5, 0.6) is 0 Å². The topological polar surface area (TPSA) is 54.1 Å². The number of benzene rings is 2. The van der Waals surface area contributed by atoms with E-state index in [0.29, 0.717) is 5.57 Å². The number of nitriles is 1. The van der Waals surface area contributed by atoms with E-state index in [1.54, 1.807) is 6.08 Å². The summed E-state index contributed by atoms with van der Waals surface area (Å²) in [4.78, 5) is 4.82. The maximum Gasteiger partial charge on any atom is 0.101 e. The second-order valence-corrected chi connectivity index (χ2v) is 10.8. The number of nitrogens with zero attached hydrogens (tertiary/aromatic N) is 3. The van der Waals surface area contributed by atoms with Crippen LogP contribution in [0.3, 0.4) is 0 Å². The highest BCUT2D eigenvalue weighted by Crippen LogP contribution is 2.48. The van der Waals surface area contributed by atoms with Crippen LogP contribution >= 0.6 is 0 Å². The molecule has 2 aromatic rings. The van der Waals surface area contributed by atoms with Crippen molar-refractivity contribution in [2.45, 2.75) is 58.4 Å². The molecule has 0 saturated heterocycles. The maximum atomic E-state index is 9.54. The highest BCUT2D eigenvalue weighted by atomic mass is 15.2. The average Bonchev–Trinajstić information content (AvgIpc) is 3.26. The van der Waals surface area contributed by atoms with E-state index < -0.39 is 0 Å². The first-order valence-electron chi connectivity index (χ1n) is 13.2. The van der Waals surface area contributed by atoms with Crippen molar-refractivity contribution in [1.29, 1.82) is 10.7 Å². The molecule has 4 rings (SSSR count). The van der Waals surface area contributed by atoms with Gasteiger partial charge in [0.1, 0.15) is 6.07 Å². The predicted octanol–water partition coefficient (Wildman–Crippen LogP) is 7.46. The molecule has 1 unspecified atom stereocenters. The van der Waals surface area contributed by atoms with Gasteiger partial charge in [-0.1, -0.05) is 82.3 Å². The quantitative estimate of drug-likeness (QED) is 0.249. The lowest BCUT2D eigenvalue weighted by molar-refractivity contribution is 0.478. The van der Waals surface area contributed by atoms with Gasteiger partial charge in [0, 0.05) is 47.2 Å². The van der Waals surface area contributed by atoms with Crippen LogP contribution in [0.2, 0.25) is 0 Å². The largest absolute Gasteiger partial charge is 0.364 e. The summed E-state index contributed by atoms with van der Waals surface area (Å²) >= 11 is 0. The van der Waals surface area contributed by atoms with Crippen molar-refractivity contribution in [3.05, 3.63) is 107 Å². The highest BCUT2D eigenvalue weighted by molar-refractivity contribution is 5.82. The molecular weight excluding hydrogens is 452 g/mol. The second kappa shape index (κ2) is 10.3. The summed E-state index contributed by atoms with van der Waals surface area (Å²) in [6, 6.07) is 19.6. The van der Waals surface area contributed by atoms with Gasteiger partial charge in [-0.3, -0.25) is 0 Å². The summed E-state index contributed by atoms with van der Waals surface area (Å²) in [5.74, 6) is 0. The number of rotatable bonds is 7. The highest BCUT2D eigenvalue weighted by Gasteiger charge is 2.42. The molecule has 4 nitrogen and oxygen atoms in total. The smallest absolute Gasteiger partial charge is 0.101 e. The standard InChI is InChI=1S/C33H38N4/c1-7-36-28-15-11-9-13-26(28)32(3,4)30(36)19-17-24(21-25(22-34)23-35)18-20-31-33(5,6)27-14-10-12-16-29(27)37(31)8-2/h9-22,30,34H,7-8H2,1-6H3/b19-17+,24-18-,25-21+,31-20+,34-22?. The fraction of sp³-hybridized carbons (Fsp3) is 0.333. The Morgan fingerprint density at radius 1 is 0.973 bits per heavy atom. The minimum Gasteiger partial charge on any atom is -0.364 e. The minimum absolute atomic E-state index is 0.0515. The van der Waals surface area contributed by atoms with Crippen LogP contribution in [0, 0.1) is 16.7 Å². The average molecular weight is 491 g/mol. The Labute approximate surface area is 222 Å². The van der Waals surface area contributed by atoms with Gasteiger partial charge in [0.25, 0.3) is 0 Å². The van der Waals surface area contributed by atoms with E-state index in [-0.39, 0.29) is 16.9 Å². The summed E-state index contributed by atoms with van der Waals surface area (Å²) in [5.41, 5.74) is 7.50. The first-order valence-corrected chi connectivity index (χ1v) is 13.2. The molecule has 190 valence electrons. The molecule has 4 heteroatoms. The summed E-state index contributed by atoms with van der Waals surface area (Å²) in [6.45, 7) is 15.3. The van der Waals surface area contributed by atoms with Crippen LogP contribution in [0.4, 0.5) is 11.4 Å². The molecule has 2 aliphatic rings. The summed E-state index contributed by atoms with van der Waals surface area (Å²) in [6.07, 6.45) is 11.6. The van der Waals surface area contributed by atoms with E-state index in [9.17, 15) is 5.26 Å². The number of para-hydroxylation sites is 2. The molecule has 1 N–H and O–H groups in total. The first-order chi connectivity index (χ1) is 17.7. The Kier molecular flexibility index (Phi) is 7.28. The molecule has 1 atom stereocenters. The summed E-state index contributed by atoms with van der Waals surface area (Å²) < 4.78 is 0. The van der Waals surface area contributed by atoms with Crippen LogP contribution in [0.25, 0.3) is 0 Å². The molecular formula is C33H38N4. The molecule has 0 radical (unpaired) electrons. The van der Waals surface area contributed by atoms with Gasteiger partial charge < -0.3 is 15.2 Å². The number of likely N-dealkylation sites (N-methyl/N-ethyl adjacent to an activating group) is 2. The molecule has 0 spiro atoms. The Morgan fingerprint density at radius 2 is 1.62 bits per heavy atom. The van der Waals surface area contributed by atoms with Crippen molar-refractivity contribution in [1.82, 2.24) is 0 Å². The third-order valence-corrected chi connectivity index (χ3v) is 7.95. The Hall–Kier alpha value is -3.84. The van der Waals surface area contributed by atoms with E-state index in [1.165, 1.54) is 28.2 Å². The molecule has 0 amide bonds.